The summed E-state index contributed by atoms with van der Waals surface area (Å²) in [6.45, 7) is 6.11. The van der Waals surface area contributed by atoms with Gasteiger partial charge in [-0.05, 0) is 31.5 Å². The number of carbonyl (C=O) groups is 1. The van der Waals surface area contributed by atoms with E-state index >= 15 is 0 Å². The number of carbonyl (C=O) groups excluding carboxylic acids is 1. The number of aromatic nitrogens is 3. The van der Waals surface area contributed by atoms with Crippen LogP contribution in [0.2, 0.25) is 0 Å². The summed E-state index contributed by atoms with van der Waals surface area (Å²) in [7, 11) is 0. The number of benzene rings is 2. The summed E-state index contributed by atoms with van der Waals surface area (Å²) in [5, 5.41) is 4.76. The number of thiazole rings is 1. The summed E-state index contributed by atoms with van der Waals surface area (Å²) in [4.78, 5) is 22.0. The van der Waals surface area contributed by atoms with E-state index in [4.69, 9.17) is 4.74 Å². The molecule has 0 unspecified atom stereocenters. The number of fused-ring (bicyclic) bond motifs is 1. The second kappa shape index (κ2) is 10.2. The Morgan fingerprint density at radius 1 is 1.17 bits per heavy atom. The van der Waals surface area contributed by atoms with Gasteiger partial charge in [-0.25, -0.2) is 18.4 Å². The lowest BCUT2D eigenvalue weighted by atomic mass is 10.2. The van der Waals surface area contributed by atoms with Crippen molar-refractivity contribution in [3.05, 3.63) is 71.6 Å². The molecule has 0 aliphatic carbocycles. The average Bonchev–Trinajstić information content (AvgIpc) is 3.46. The minimum Gasteiger partial charge on any atom is -0.379 e. The van der Waals surface area contributed by atoms with E-state index in [1.807, 2.05) is 37.3 Å². The molecular formula is C25H25F2N5O2S. The Morgan fingerprint density at radius 2 is 1.94 bits per heavy atom. The van der Waals surface area contributed by atoms with Crippen molar-refractivity contribution in [1.82, 2.24) is 19.7 Å². The van der Waals surface area contributed by atoms with Crippen molar-refractivity contribution in [3.8, 4) is 5.69 Å². The summed E-state index contributed by atoms with van der Waals surface area (Å²) in [5.74, 6) is -1.68. The molecule has 0 atom stereocenters. The highest BCUT2D eigenvalue weighted by molar-refractivity contribution is 7.22. The maximum atomic E-state index is 14.4. The van der Waals surface area contributed by atoms with Crippen molar-refractivity contribution < 1.29 is 18.3 Å². The van der Waals surface area contributed by atoms with Gasteiger partial charge < -0.3 is 4.74 Å². The summed E-state index contributed by atoms with van der Waals surface area (Å²) in [6, 6.07) is 11.6. The van der Waals surface area contributed by atoms with Crippen LogP contribution in [0.3, 0.4) is 0 Å². The lowest BCUT2D eigenvalue weighted by Crippen LogP contribution is -2.39. The molecule has 0 bridgehead atoms. The molecule has 0 N–H and O–H groups in total. The van der Waals surface area contributed by atoms with Crippen LogP contribution < -0.4 is 4.90 Å². The highest BCUT2D eigenvalue weighted by Gasteiger charge is 2.26. The number of ether oxygens (including phenoxy) is 1. The normalized spacial score (nSPS) is 14.5. The van der Waals surface area contributed by atoms with E-state index in [0.29, 0.717) is 47.3 Å². The molecule has 3 heterocycles. The summed E-state index contributed by atoms with van der Waals surface area (Å²) in [6.07, 6.45) is 2.25. The van der Waals surface area contributed by atoms with Gasteiger partial charge >= 0.3 is 0 Å². The summed E-state index contributed by atoms with van der Waals surface area (Å²) < 4.78 is 35.6. The molecular weight excluding hydrogens is 472 g/mol. The molecule has 1 aliphatic heterocycles. The molecule has 0 saturated carbocycles. The summed E-state index contributed by atoms with van der Waals surface area (Å²) in [5.41, 5.74) is 2.04. The minimum absolute atomic E-state index is 0.0640. The van der Waals surface area contributed by atoms with Crippen LogP contribution in [0.1, 0.15) is 22.5 Å². The maximum absolute atomic E-state index is 14.4. The van der Waals surface area contributed by atoms with Gasteiger partial charge in [0.05, 0.1) is 41.1 Å². The van der Waals surface area contributed by atoms with E-state index in [0.717, 1.165) is 42.7 Å². The molecule has 2 aromatic heterocycles. The monoisotopic (exact) mass is 497 g/mol. The largest absolute Gasteiger partial charge is 0.379 e. The molecule has 0 spiro atoms. The van der Waals surface area contributed by atoms with E-state index in [1.54, 1.807) is 15.8 Å². The number of rotatable bonds is 7. The van der Waals surface area contributed by atoms with Gasteiger partial charge in [0.1, 0.15) is 11.3 Å². The van der Waals surface area contributed by atoms with Crippen molar-refractivity contribution in [1.29, 1.82) is 0 Å². The van der Waals surface area contributed by atoms with Crippen molar-refractivity contribution >= 4 is 32.6 Å². The number of halogens is 2. The van der Waals surface area contributed by atoms with Crippen LogP contribution in [0.15, 0.2) is 48.7 Å². The van der Waals surface area contributed by atoms with E-state index in [-0.39, 0.29) is 11.4 Å². The van der Waals surface area contributed by atoms with Crippen molar-refractivity contribution in [2.45, 2.75) is 13.3 Å². The fourth-order valence-electron chi connectivity index (χ4n) is 4.22. The van der Waals surface area contributed by atoms with Crippen LogP contribution in [-0.2, 0) is 4.74 Å². The third-order valence-corrected chi connectivity index (χ3v) is 7.10. The molecule has 5 rings (SSSR count). The molecule has 7 nitrogen and oxygen atoms in total. The predicted octanol–water partition coefficient (Wildman–Crippen LogP) is 4.44. The Kier molecular flexibility index (Phi) is 6.85. The number of para-hydroxylation sites is 1. The lowest BCUT2D eigenvalue weighted by Gasteiger charge is -2.27. The first-order valence-corrected chi connectivity index (χ1v) is 12.3. The molecule has 2 aromatic carbocycles. The standard InChI is InChI=1S/C25H25F2N5O2S/c1-17-20(16-28-32(17)19-6-3-2-4-7-19)24(33)31(9-5-8-30-10-12-34-13-11-30)25-29-23-21(27)14-18(26)15-22(23)35-25/h2-4,6-7,14-16H,5,8-13H2,1H3. The molecule has 1 fully saturated rings. The minimum atomic E-state index is -0.740. The molecule has 1 saturated heterocycles. The number of hydrogen-bond acceptors (Lipinski definition) is 6. The van der Waals surface area contributed by atoms with Gasteiger partial charge in [-0.1, -0.05) is 29.5 Å². The van der Waals surface area contributed by atoms with Crippen LogP contribution >= 0.6 is 11.3 Å². The first-order valence-electron chi connectivity index (χ1n) is 11.5. The van der Waals surface area contributed by atoms with Crippen molar-refractivity contribution in [2.75, 3.05) is 44.3 Å². The van der Waals surface area contributed by atoms with Crippen LogP contribution in [0, 0.1) is 18.6 Å². The number of hydrogen-bond donors (Lipinski definition) is 0. The van der Waals surface area contributed by atoms with Gasteiger partial charge in [0, 0.05) is 32.2 Å². The smallest absolute Gasteiger partial charge is 0.263 e. The van der Waals surface area contributed by atoms with Gasteiger partial charge in [-0.15, -0.1) is 0 Å². The highest BCUT2D eigenvalue weighted by Crippen LogP contribution is 2.32. The quantitative estimate of drug-likeness (QED) is 0.378. The molecule has 1 aliphatic rings. The zero-order chi connectivity index (χ0) is 24.4. The van der Waals surface area contributed by atoms with Crippen LogP contribution in [0.25, 0.3) is 15.9 Å². The highest BCUT2D eigenvalue weighted by atomic mass is 32.1. The van der Waals surface area contributed by atoms with Crippen LogP contribution in [-0.4, -0.2) is 65.0 Å². The van der Waals surface area contributed by atoms with Gasteiger partial charge in [-0.3, -0.25) is 14.6 Å². The van der Waals surface area contributed by atoms with E-state index < -0.39 is 11.6 Å². The molecule has 10 heteroatoms. The fraction of sp³-hybridized carbons (Fsp3) is 0.320. The number of morpholine rings is 1. The molecule has 35 heavy (non-hydrogen) atoms. The van der Waals surface area contributed by atoms with Crippen molar-refractivity contribution in [3.63, 3.8) is 0 Å². The topological polar surface area (TPSA) is 63.5 Å². The van der Waals surface area contributed by atoms with E-state index in [2.05, 4.69) is 15.0 Å². The first-order chi connectivity index (χ1) is 17.0. The Hall–Kier alpha value is -3.21. The van der Waals surface area contributed by atoms with Crippen LogP contribution in [0.4, 0.5) is 13.9 Å². The number of anilines is 1. The lowest BCUT2D eigenvalue weighted by molar-refractivity contribution is 0.0376. The Labute approximate surface area is 205 Å². The van der Waals surface area contributed by atoms with Crippen LogP contribution in [0.5, 0.6) is 0 Å². The predicted molar refractivity (Wildman–Crippen MR) is 131 cm³/mol. The van der Waals surface area contributed by atoms with Gasteiger partial charge in [0.25, 0.3) is 5.91 Å². The van der Waals surface area contributed by atoms with Crippen molar-refractivity contribution in [2.24, 2.45) is 0 Å². The van der Waals surface area contributed by atoms with Gasteiger partial charge in [0.2, 0.25) is 0 Å². The van der Waals surface area contributed by atoms with Gasteiger partial charge in [0.15, 0.2) is 10.9 Å². The Morgan fingerprint density at radius 3 is 2.71 bits per heavy atom. The molecule has 0 radical (unpaired) electrons. The average molecular weight is 498 g/mol. The van der Waals surface area contributed by atoms with E-state index in [9.17, 15) is 13.6 Å². The molecule has 1 amide bonds. The number of nitrogens with zero attached hydrogens (tertiary/aromatic N) is 5. The Bertz CT molecular complexity index is 1330. The summed E-state index contributed by atoms with van der Waals surface area (Å²) >= 11 is 1.10. The Balaban J connectivity index is 1.45. The fourth-order valence-corrected chi connectivity index (χ4v) is 5.25. The zero-order valence-corrected chi connectivity index (χ0v) is 20.1. The van der Waals surface area contributed by atoms with Gasteiger partial charge in [-0.2, -0.15) is 5.10 Å². The molecule has 182 valence electrons. The second-order valence-corrected chi connectivity index (χ2v) is 9.40. The number of amides is 1. The second-order valence-electron chi connectivity index (χ2n) is 8.39. The third-order valence-electron chi connectivity index (χ3n) is 6.08. The van der Waals surface area contributed by atoms with E-state index in [1.165, 1.54) is 6.07 Å². The third kappa shape index (κ3) is 4.95. The first kappa shape index (κ1) is 23.5. The maximum Gasteiger partial charge on any atom is 0.263 e. The SMILES string of the molecule is Cc1c(C(=O)N(CCCN2CCOCC2)c2nc3c(F)cc(F)cc3s2)cnn1-c1ccccc1. The molecule has 4 aromatic rings. The zero-order valence-electron chi connectivity index (χ0n) is 19.3.